The van der Waals surface area contributed by atoms with E-state index in [0.717, 1.165) is 22.1 Å². The van der Waals surface area contributed by atoms with Crippen LogP contribution in [0.5, 0.6) is 0 Å². The number of sulfonamides is 1. The van der Waals surface area contributed by atoms with Gasteiger partial charge in [-0.05, 0) is 61.4 Å². The predicted octanol–water partition coefficient (Wildman–Crippen LogP) is 3.61. The number of fused-ring (bicyclic) bond motifs is 1. The molecule has 2 N–H and O–H groups in total. The van der Waals surface area contributed by atoms with Crippen LogP contribution in [0.2, 0.25) is 0 Å². The maximum Gasteiger partial charge on any atom is 0.261 e. The smallest absolute Gasteiger partial charge is 0.261 e. The zero-order valence-corrected chi connectivity index (χ0v) is 13.8. The number of nitrogens with one attached hydrogen (secondary N) is 2. The van der Waals surface area contributed by atoms with Crippen LogP contribution in [0.4, 0.5) is 11.4 Å². The van der Waals surface area contributed by atoms with Gasteiger partial charge < -0.3 is 5.32 Å². The minimum Gasteiger partial charge on any atom is -0.382 e. The highest BCUT2D eigenvalue weighted by atomic mass is 79.9. The first-order chi connectivity index (χ1) is 9.94. The molecule has 0 unspecified atom stereocenters. The number of hydrogen-bond acceptors (Lipinski definition) is 3. The van der Waals surface area contributed by atoms with Crippen LogP contribution in [0, 0.1) is 0 Å². The van der Waals surface area contributed by atoms with Crippen molar-refractivity contribution < 1.29 is 8.42 Å². The predicted molar refractivity (Wildman–Crippen MR) is 88.2 cm³/mol. The lowest BCUT2D eigenvalue weighted by molar-refractivity contribution is 0.601. The summed E-state index contributed by atoms with van der Waals surface area (Å²) in [6.45, 7) is 2.08. The first-order valence-electron chi connectivity index (χ1n) is 6.62. The zero-order valence-electron chi connectivity index (χ0n) is 11.4. The van der Waals surface area contributed by atoms with Crippen molar-refractivity contribution in [2.24, 2.45) is 0 Å². The van der Waals surface area contributed by atoms with E-state index in [4.69, 9.17) is 0 Å². The van der Waals surface area contributed by atoms with E-state index in [0.29, 0.717) is 16.6 Å². The monoisotopic (exact) mass is 366 g/mol. The van der Waals surface area contributed by atoms with Crippen LogP contribution in [0.15, 0.2) is 51.8 Å². The summed E-state index contributed by atoms with van der Waals surface area (Å²) in [5.74, 6) is 0. The molecule has 21 heavy (non-hydrogen) atoms. The molecular weight excluding hydrogens is 352 g/mol. The van der Waals surface area contributed by atoms with Gasteiger partial charge in [0.2, 0.25) is 0 Å². The largest absolute Gasteiger partial charge is 0.382 e. The van der Waals surface area contributed by atoms with Gasteiger partial charge >= 0.3 is 0 Å². The average Bonchev–Trinajstić information content (AvgIpc) is 2.80. The Morgan fingerprint density at radius 3 is 2.62 bits per heavy atom. The van der Waals surface area contributed by atoms with Crippen molar-refractivity contribution in [3.63, 3.8) is 0 Å². The van der Waals surface area contributed by atoms with E-state index in [2.05, 4.69) is 32.9 Å². The first kappa shape index (κ1) is 14.4. The Balaban J connectivity index is 1.89. The van der Waals surface area contributed by atoms with Crippen molar-refractivity contribution in [1.29, 1.82) is 0 Å². The molecule has 0 spiro atoms. The van der Waals surface area contributed by atoms with Crippen LogP contribution in [-0.4, -0.2) is 14.5 Å². The maximum atomic E-state index is 12.4. The van der Waals surface area contributed by atoms with Crippen molar-refractivity contribution in [3.05, 3.63) is 52.5 Å². The Morgan fingerprint density at radius 2 is 1.90 bits per heavy atom. The summed E-state index contributed by atoms with van der Waals surface area (Å²) >= 11 is 3.33. The van der Waals surface area contributed by atoms with E-state index >= 15 is 0 Å². The van der Waals surface area contributed by atoms with Crippen LogP contribution < -0.4 is 10.0 Å². The number of rotatable bonds is 3. The molecule has 0 radical (unpaired) electrons. The Labute approximate surface area is 132 Å². The first-order valence-corrected chi connectivity index (χ1v) is 8.89. The minimum atomic E-state index is -3.56. The van der Waals surface area contributed by atoms with Crippen molar-refractivity contribution in [3.8, 4) is 0 Å². The highest BCUT2D eigenvalue weighted by Crippen LogP contribution is 2.29. The third-order valence-corrected chi connectivity index (χ3v) is 5.32. The highest BCUT2D eigenvalue weighted by Gasteiger charge is 2.21. The van der Waals surface area contributed by atoms with Gasteiger partial charge in [0.05, 0.1) is 4.90 Å². The van der Waals surface area contributed by atoms with Crippen LogP contribution in [0.1, 0.15) is 12.5 Å². The number of halogens is 1. The number of benzene rings is 2. The van der Waals surface area contributed by atoms with E-state index in [9.17, 15) is 8.42 Å². The molecule has 6 heteroatoms. The van der Waals surface area contributed by atoms with Gasteiger partial charge in [-0.25, -0.2) is 8.42 Å². The molecule has 1 atom stereocenters. The summed E-state index contributed by atoms with van der Waals surface area (Å²) in [5.41, 5.74) is 2.61. The molecular formula is C15H15BrN2O2S. The molecule has 1 heterocycles. The summed E-state index contributed by atoms with van der Waals surface area (Å²) in [4.78, 5) is 0.292. The third-order valence-electron chi connectivity index (χ3n) is 3.41. The second-order valence-electron chi connectivity index (χ2n) is 5.18. The van der Waals surface area contributed by atoms with E-state index in [1.165, 1.54) is 0 Å². The Kier molecular flexibility index (Phi) is 3.67. The van der Waals surface area contributed by atoms with Gasteiger partial charge in [0.25, 0.3) is 10.0 Å². The lowest BCUT2D eigenvalue weighted by atomic mass is 10.1. The molecule has 0 saturated heterocycles. The van der Waals surface area contributed by atoms with E-state index in [-0.39, 0.29) is 0 Å². The van der Waals surface area contributed by atoms with Crippen LogP contribution in [0.25, 0.3) is 0 Å². The molecule has 110 valence electrons. The van der Waals surface area contributed by atoms with Crippen molar-refractivity contribution in [2.75, 3.05) is 10.0 Å². The molecule has 4 nitrogen and oxygen atoms in total. The molecule has 2 aromatic rings. The molecule has 1 aliphatic heterocycles. The molecule has 3 rings (SSSR count). The Bertz CT molecular complexity index is 773. The van der Waals surface area contributed by atoms with Crippen LogP contribution in [-0.2, 0) is 16.4 Å². The fraction of sp³-hybridized carbons (Fsp3) is 0.200. The standard InChI is InChI=1S/C15H15BrN2O2S/c1-10-8-11-9-14(6-7-15(11)17-10)21(19,20)18-13-4-2-12(16)3-5-13/h2-7,9-10,17-18H,8H2,1H3/t10-/m1/s1. The van der Waals surface area contributed by atoms with Gasteiger partial charge in [0.1, 0.15) is 0 Å². The SMILES string of the molecule is C[C@@H]1Cc2cc(S(=O)(=O)Nc3ccc(Br)cc3)ccc2N1. The zero-order chi connectivity index (χ0) is 15.0. The molecule has 0 aliphatic carbocycles. The van der Waals surface area contributed by atoms with E-state index in [1.807, 2.05) is 6.07 Å². The molecule has 0 fully saturated rings. The lowest BCUT2D eigenvalue weighted by Gasteiger charge is -2.09. The van der Waals surface area contributed by atoms with Gasteiger partial charge in [0, 0.05) is 21.9 Å². The highest BCUT2D eigenvalue weighted by molar-refractivity contribution is 9.10. The van der Waals surface area contributed by atoms with Crippen molar-refractivity contribution >= 4 is 37.3 Å². The summed E-state index contributed by atoms with van der Waals surface area (Å²) < 4.78 is 28.4. The second kappa shape index (κ2) is 5.35. The summed E-state index contributed by atoms with van der Waals surface area (Å²) in [7, 11) is -3.56. The summed E-state index contributed by atoms with van der Waals surface area (Å²) in [6, 6.07) is 12.6. The Morgan fingerprint density at radius 1 is 1.19 bits per heavy atom. The second-order valence-corrected chi connectivity index (χ2v) is 7.78. The topological polar surface area (TPSA) is 58.2 Å². The van der Waals surface area contributed by atoms with Crippen LogP contribution >= 0.6 is 15.9 Å². The minimum absolute atomic E-state index is 0.292. The van der Waals surface area contributed by atoms with Crippen molar-refractivity contribution in [1.82, 2.24) is 0 Å². The van der Waals surface area contributed by atoms with Gasteiger partial charge in [-0.2, -0.15) is 0 Å². The molecule has 0 aromatic heterocycles. The fourth-order valence-electron chi connectivity index (χ4n) is 2.43. The quantitative estimate of drug-likeness (QED) is 0.872. The van der Waals surface area contributed by atoms with Gasteiger partial charge in [-0.15, -0.1) is 0 Å². The maximum absolute atomic E-state index is 12.4. The fourth-order valence-corrected chi connectivity index (χ4v) is 3.80. The summed E-state index contributed by atoms with van der Waals surface area (Å²) in [5, 5.41) is 3.31. The number of anilines is 2. The molecule has 1 aliphatic rings. The normalized spacial score (nSPS) is 17.1. The Hall–Kier alpha value is -1.53. The van der Waals surface area contributed by atoms with E-state index in [1.54, 1.807) is 36.4 Å². The molecule has 0 bridgehead atoms. The average molecular weight is 367 g/mol. The van der Waals surface area contributed by atoms with Gasteiger partial charge in [0.15, 0.2) is 0 Å². The molecule has 0 amide bonds. The van der Waals surface area contributed by atoms with Crippen molar-refractivity contribution in [2.45, 2.75) is 24.3 Å². The third kappa shape index (κ3) is 3.06. The lowest BCUT2D eigenvalue weighted by Crippen LogP contribution is -2.13. The van der Waals surface area contributed by atoms with Crippen LogP contribution in [0.3, 0.4) is 0 Å². The summed E-state index contributed by atoms with van der Waals surface area (Å²) in [6.07, 6.45) is 0.844. The van der Waals surface area contributed by atoms with Gasteiger partial charge in [-0.1, -0.05) is 15.9 Å². The molecule has 0 saturated carbocycles. The van der Waals surface area contributed by atoms with Gasteiger partial charge in [-0.3, -0.25) is 4.72 Å². The molecule has 2 aromatic carbocycles. The van der Waals surface area contributed by atoms with E-state index < -0.39 is 10.0 Å². The number of hydrogen-bond donors (Lipinski definition) is 2.